The fraction of sp³-hybridized carbons (Fsp3) is 0.462. The van der Waals surface area contributed by atoms with Crippen LogP contribution in [0.25, 0.3) is 11.5 Å². The Labute approximate surface area is 106 Å². The van der Waals surface area contributed by atoms with Crippen molar-refractivity contribution in [1.29, 1.82) is 0 Å². The van der Waals surface area contributed by atoms with Crippen LogP contribution in [0.3, 0.4) is 0 Å². The molecule has 0 aromatic carbocycles. The zero-order valence-corrected chi connectivity index (χ0v) is 10.4. The van der Waals surface area contributed by atoms with Crippen molar-refractivity contribution in [2.75, 3.05) is 19.6 Å². The number of piperazine rings is 1. The van der Waals surface area contributed by atoms with Crippen LogP contribution >= 0.6 is 0 Å². The van der Waals surface area contributed by atoms with E-state index in [4.69, 9.17) is 8.94 Å². The van der Waals surface area contributed by atoms with Gasteiger partial charge in [0.25, 0.3) is 0 Å². The number of hydrogen-bond acceptors (Lipinski definition) is 5. The fourth-order valence-corrected chi connectivity index (χ4v) is 2.25. The molecule has 3 rings (SSSR count). The molecule has 5 nitrogen and oxygen atoms in total. The first-order chi connectivity index (χ1) is 8.83. The van der Waals surface area contributed by atoms with E-state index in [1.807, 2.05) is 18.2 Å². The molecule has 1 aliphatic rings. The highest BCUT2D eigenvalue weighted by atomic mass is 16.5. The van der Waals surface area contributed by atoms with Crippen molar-refractivity contribution >= 4 is 0 Å². The lowest BCUT2D eigenvalue weighted by Crippen LogP contribution is -2.49. The third-order valence-corrected chi connectivity index (χ3v) is 3.33. The van der Waals surface area contributed by atoms with E-state index >= 15 is 0 Å². The van der Waals surface area contributed by atoms with E-state index in [0.717, 1.165) is 37.6 Å². The second kappa shape index (κ2) is 4.96. The van der Waals surface area contributed by atoms with Gasteiger partial charge in [-0.25, -0.2) is 0 Å². The van der Waals surface area contributed by atoms with Crippen LogP contribution in [-0.4, -0.2) is 35.7 Å². The van der Waals surface area contributed by atoms with Gasteiger partial charge in [-0.2, -0.15) is 0 Å². The van der Waals surface area contributed by atoms with Gasteiger partial charge in [0.05, 0.1) is 12.0 Å². The van der Waals surface area contributed by atoms with Gasteiger partial charge in [0, 0.05) is 38.3 Å². The summed E-state index contributed by atoms with van der Waals surface area (Å²) in [5.74, 6) is 1.42. The van der Waals surface area contributed by atoms with Gasteiger partial charge in [0.15, 0.2) is 5.76 Å². The summed E-state index contributed by atoms with van der Waals surface area (Å²) in [6, 6.07) is 6.20. The number of furan rings is 1. The minimum atomic E-state index is 0.530. The maximum absolute atomic E-state index is 5.30. The summed E-state index contributed by atoms with van der Waals surface area (Å²) in [6.07, 6.45) is 1.63. The Morgan fingerprint density at radius 3 is 3.22 bits per heavy atom. The molecule has 0 spiro atoms. The molecule has 2 aromatic heterocycles. The summed E-state index contributed by atoms with van der Waals surface area (Å²) in [5, 5.41) is 7.48. The smallest absolute Gasteiger partial charge is 0.202 e. The SMILES string of the molecule is CC1CNCCN1Cc1cc(-c2ccco2)on1. The second-order valence-corrected chi connectivity index (χ2v) is 4.68. The number of hydrogen-bond donors (Lipinski definition) is 1. The zero-order chi connectivity index (χ0) is 12.4. The molecule has 0 aliphatic carbocycles. The topological polar surface area (TPSA) is 54.4 Å². The molecule has 0 radical (unpaired) electrons. The molecule has 0 bridgehead atoms. The van der Waals surface area contributed by atoms with Crippen LogP contribution in [0.1, 0.15) is 12.6 Å². The predicted octanol–water partition coefficient (Wildman–Crippen LogP) is 1.73. The summed E-state index contributed by atoms with van der Waals surface area (Å²) >= 11 is 0. The average molecular weight is 247 g/mol. The molecule has 1 N–H and O–H groups in total. The maximum Gasteiger partial charge on any atom is 0.202 e. The number of nitrogens with zero attached hydrogens (tertiary/aromatic N) is 2. The Hall–Kier alpha value is -1.59. The molecule has 1 saturated heterocycles. The Morgan fingerprint density at radius 2 is 2.44 bits per heavy atom. The average Bonchev–Trinajstić information content (AvgIpc) is 3.02. The Kier molecular flexibility index (Phi) is 3.17. The van der Waals surface area contributed by atoms with Gasteiger partial charge >= 0.3 is 0 Å². The van der Waals surface area contributed by atoms with E-state index in [1.54, 1.807) is 6.26 Å². The van der Waals surface area contributed by atoms with E-state index in [0.29, 0.717) is 11.8 Å². The summed E-state index contributed by atoms with van der Waals surface area (Å²) in [7, 11) is 0. The van der Waals surface area contributed by atoms with Crippen molar-refractivity contribution < 1.29 is 8.94 Å². The number of aromatic nitrogens is 1. The van der Waals surface area contributed by atoms with E-state index in [-0.39, 0.29) is 0 Å². The minimum Gasteiger partial charge on any atom is -0.461 e. The van der Waals surface area contributed by atoms with Crippen molar-refractivity contribution in [2.24, 2.45) is 0 Å². The third kappa shape index (κ3) is 2.32. The van der Waals surface area contributed by atoms with Crippen molar-refractivity contribution in [3.8, 4) is 11.5 Å². The third-order valence-electron chi connectivity index (χ3n) is 3.33. The highest BCUT2D eigenvalue weighted by Crippen LogP contribution is 2.21. The predicted molar refractivity (Wildman–Crippen MR) is 66.9 cm³/mol. The van der Waals surface area contributed by atoms with E-state index in [9.17, 15) is 0 Å². The molecule has 5 heteroatoms. The highest BCUT2D eigenvalue weighted by Gasteiger charge is 2.19. The van der Waals surface area contributed by atoms with E-state index < -0.39 is 0 Å². The van der Waals surface area contributed by atoms with Gasteiger partial charge in [-0.1, -0.05) is 5.16 Å². The van der Waals surface area contributed by atoms with Gasteiger partial charge in [-0.05, 0) is 19.1 Å². The van der Waals surface area contributed by atoms with Gasteiger partial charge in [0.2, 0.25) is 5.76 Å². The van der Waals surface area contributed by atoms with E-state index in [2.05, 4.69) is 22.3 Å². The summed E-state index contributed by atoms with van der Waals surface area (Å²) in [4.78, 5) is 2.40. The fourth-order valence-electron chi connectivity index (χ4n) is 2.25. The molecule has 0 saturated carbocycles. The van der Waals surface area contributed by atoms with Crippen molar-refractivity contribution in [3.63, 3.8) is 0 Å². The standard InChI is InChI=1S/C13H17N3O2/c1-10-8-14-4-5-16(10)9-11-7-13(18-15-11)12-3-2-6-17-12/h2-3,6-7,10,14H,4-5,8-9H2,1H3. The highest BCUT2D eigenvalue weighted by molar-refractivity contribution is 5.49. The lowest BCUT2D eigenvalue weighted by atomic mass is 10.2. The van der Waals surface area contributed by atoms with Crippen LogP contribution in [0, 0.1) is 0 Å². The number of nitrogens with one attached hydrogen (secondary N) is 1. The lowest BCUT2D eigenvalue weighted by Gasteiger charge is -2.33. The number of rotatable bonds is 3. The molecular weight excluding hydrogens is 230 g/mol. The molecule has 0 amide bonds. The largest absolute Gasteiger partial charge is 0.461 e. The van der Waals surface area contributed by atoms with Gasteiger partial charge in [0.1, 0.15) is 0 Å². The van der Waals surface area contributed by atoms with Crippen molar-refractivity contribution in [3.05, 3.63) is 30.2 Å². The molecule has 2 aromatic rings. The van der Waals surface area contributed by atoms with Crippen LogP contribution in [-0.2, 0) is 6.54 Å². The van der Waals surface area contributed by atoms with Crippen LogP contribution in [0.5, 0.6) is 0 Å². The first-order valence-corrected chi connectivity index (χ1v) is 6.27. The molecule has 96 valence electrons. The molecule has 1 unspecified atom stereocenters. The first-order valence-electron chi connectivity index (χ1n) is 6.27. The van der Waals surface area contributed by atoms with Crippen molar-refractivity contribution in [2.45, 2.75) is 19.5 Å². The molecule has 3 heterocycles. The van der Waals surface area contributed by atoms with Crippen LogP contribution in [0.4, 0.5) is 0 Å². The minimum absolute atomic E-state index is 0.530. The molecule has 1 fully saturated rings. The van der Waals surface area contributed by atoms with Gasteiger partial charge in [-0.15, -0.1) is 0 Å². The quantitative estimate of drug-likeness (QED) is 0.895. The Bertz CT molecular complexity index is 492. The van der Waals surface area contributed by atoms with Gasteiger partial charge in [-0.3, -0.25) is 4.90 Å². The Morgan fingerprint density at radius 1 is 1.50 bits per heavy atom. The van der Waals surface area contributed by atoms with Gasteiger partial charge < -0.3 is 14.3 Å². The lowest BCUT2D eigenvalue weighted by molar-refractivity contribution is 0.161. The second-order valence-electron chi connectivity index (χ2n) is 4.68. The summed E-state index contributed by atoms with van der Waals surface area (Å²) in [5.41, 5.74) is 0.954. The summed E-state index contributed by atoms with van der Waals surface area (Å²) in [6.45, 7) is 6.16. The van der Waals surface area contributed by atoms with Crippen LogP contribution in [0.15, 0.2) is 33.4 Å². The maximum atomic E-state index is 5.30. The zero-order valence-electron chi connectivity index (χ0n) is 10.4. The molecular formula is C13H17N3O2. The molecule has 1 aliphatic heterocycles. The van der Waals surface area contributed by atoms with Crippen molar-refractivity contribution in [1.82, 2.24) is 15.4 Å². The molecule has 18 heavy (non-hydrogen) atoms. The monoisotopic (exact) mass is 247 g/mol. The normalized spacial score (nSPS) is 21.3. The van der Waals surface area contributed by atoms with E-state index in [1.165, 1.54) is 0 Å². The van der Waals surface area contributed by atoms with Crippen LogP contribution < -0.4 is 5.32 Å². The molecule has 1 atom stereocenters. The first kappa shape index (κ1) is 11.5. The van der Waals surface area contributed by atoms with Crippen LogP contribution in [0.2, 0.25) is 0 Å². The Balaban J connectivity index is 1.70. The summed E-state index contributed by atoms with van der Waals surface area (Å²) < 4.78 is 10.6.